The second-order valence-corrected chi connectivity index (χ2v) is 4.90. The van der Waals surface area contributed by atoms with Crippen LogP contribution in [0.2, 0.25) is 0 Å². The van der Waals surface area contributed by atoms with Gasteiger partial charge in [-0.2, -0.15) is 0 Å². The van der Waals surface area contributed by atoms with Gasteiger partial charge in [-0.1, -0.05) is 13.3 Å². The Balaban J connectivity index is 2.48. The van der Waals surface area contributed by atoms with Gasteiger partial charge in [-0.25, -0.2) is 4.79 Å². The maximum atomic E-state index is 12.0. The lowest BCUT2D eigenvalue weighted by Crippen LogP contribution is -2.40. The molecular formula is C16H21NO5. The molecule has 22 heavy (non-hydrogen) atoms. The minimum atomic E-state index is -1.06. The van der Waals surface area contributed by atoms with E-state index in [-0.39, 0.29) is 18.6 Å². The Morgan fingerprint density at radius 2 is 1.82 bits per heavy atom. The van der Waals surface area contributed by atoms with Crippen LogP contribution in [0, 0.1) is 0 Å². The Bertz CT molecular complexity index is 524. The Labute approximate surface area is 129 Å². The molecule has 0 bridgehead atoms. The van der Waals surface area contributed by atoms with Crippen molar-refractivity contribution in [3.05, 3.63) is 29.8 Å². The van der Waals surface area contributed by atoms with Crippen molar-refractivity contribution in [3.63, 3.8) is 0 Å². The average molecular weight is 307 g/mol. The first-order valence-electron chi connectivity index (χ1n) is 7.17. The number of hydrogen-bond donors (Lipinski definition) is 2. The minimum Gasteiger partial charge on any atom is -0.497 e. The molecule has 0 aliphatic rings. The van der Waals surface area contributed by atoms with Gasteiger partial charge in [0, 0.05) is 18.4 Å². The lowest BCUT2D eigenvalue weighted by Gasteiger charge is -2.13. The molecule has 1 aromatic rings. The molecule has 0 aromatic heterocycles. The summed E-state index contributed by atoms with van der Waals surface area (Å²) >= 11 is 0. The largest absolute Gasteiger partial charge is 0.497 e. The quantitative estimate of drug-likeness (QED) is 0.681. The molecule has 120 valence electrons. The second kappa shape index (κ2) is 8.81. The molecule has 0 fully saturated rings. The Morgan fingerprint density at radius 3 is 2.32 bits per heavy atom. The van der Waals surface area contributed by atoms with Gasteiger partial charge in [0.1, 0.15) is 11.8 Å². The summed E-state index contributed by atoms with van der Waals surface area (Å²) in [5, 5.41) is 11.4. The highest BCUT2D eigenvalue weighted by Gasteiger charge is 2.19. The molecule has 1 rings (SSSR count). The van der Waals surface area contributed by atoms with E-state index in [1.165, 1.54) is 7.11 Å². The summed E-state index contributed by atoms with van der Waals surface area (Å²) < 4.78 is 5.01. The fourth-order valence-electron chi connectivity index (χ4n) is 1.96. The van der Waals surface area contributed by atoms with Gasteiger partial charge in [-0.05, 0) is 30.7 Å². The molecule has 0 saturated carbocycles. The summed E-state index contributed by atoms with van der Waals surface area (Å²) in [5.41, 5.74) is 0.497. The summed E-state index contributed by atoms with van der Waals surface area (Å²) in [6.07, 6.45) is 1.03. The number of Topliss-reactive ketones (excluding diaryl/α,β-unsaturated/α-hetero) is 1. The van der Waals surface area contributed by atoms with E-state index in [0.29, 0.717) is 24.2 Å². The lowest BCUT2D eigenvalue weighted by atomic mass is 10.1. The molecule has 0 heterocycles. The first-order chi connectivity index (χ1) is 10.5. The third-order valence-electron chi connectivity index (χ3n) is 3.20. The predicted octanol–water partition coefficient (Wildman–Crippen LogP) is 2.03. The number of amides is 1. The van der Waals surface area contributed by atoms with Crippen molar-refractivity contribution in [1.29, 1.82) is 0 Å². The molecule has 0 radical (unpaired) electrons. The van der Waals surface area contributed by atoms with E-state index in [4.69, 9.17) is 9.84 Å². The van der Waals surface area contributed by atoms with Crippen LogP contribution in [0.25, 0.3) is 0 Å². The summed E-state index contributed by atoms with van der Waals surface area (Å²) in [6.45, 7) is 1.84. The maximum absolute atomic E-state index is 12.0. The van der Waals surface area contributed by atoms with E-state index in [1.54, 1.807) is 24.3 Å². The molecule has 0 spiro atoms. The van der Waals surface area contributed by atoms with Crippen LogP contribution in [-0.2, 0) is 9.59 Å². The number of ether oxygens (including phenoxy) is 1. The number of hydrogen-bond acceptors (Lipinski definition) is 4. The summed E-state index contributed by atoms with van der Waals surface area (Å²) in [5.74, 6) is -1.00. The minimum absolute atomic E-state index is 0.0294. The predicted molar refractivity (Wildman–Crippen MR) is 81.0 cm³/mol. The molecular weight excluding hydrogens is 286 g/mol. The molecule has 6 heteroatoms. The van der Waals surface area contributed by atoms with Gasteiger partial charge in [0.05, 0.1) is 7.11 Å². The molecule has 6 nitrogen and oxygen atoms in total. The topological polar surface area (TPSA) is 92.7 Å². The van der Waals surface area contributed by atoms with Crippen LogP contribution in [0.5, 0.6) is 5.75 Å². The monoisotopic (exact) mass is 307 g/mol. The molecule has 0 saturated heterocycles. The number of carbonyl (C=O) groups is 3. The number of ketones is 1. The van der Waals surface area contributed by atoms with Crippen molar-refractivity contribution in [2.45, 2.75) is 38.6 Å². The molecule has 1 aromatic carbocycles. The van der Waals surface area contributed by atoms with Gasteiger partial charge >= 0.3 is 5.97 Å². The third-order valence-corrected chi connectivity index (χ3v) is 3.20. The van der Waals surface area contributed by atoms with E-state index in [1.807, 2.05) is 6.92 Å². The van der Waals surface area contributed by atoms with Gasteiger partial charge in [0.25, 0.3) is 0 Å². The first kappa shape index (κ1) is 17.7. The number of carboxylic acids is 1. The lowest BCUT2D eigenvalue weighted by molar-refractivity contribution is -0.142. The average Bonchev–Trinajstić information content (AvgIpc) is 2.52. The summed E-state index contributed by atoms with van der Waals surface area (Å²) in [7, 11) is 1.54. The third kappa shape index (κ3) is 5.55. The van der Waals surface area contributed by atoms with Crippen molar-refractivity contribution in [2.24, 2.45) is 0 Å². The summed E-state index contributed by atoms with van der Waals surface area (Å²) in [4.78, 5) is 34.6. The van der Waals surface area contributed by atoms with Crippen molar-refractivity contribution in [1.82, 2.24) is 5.32 Å². The van der Waals surface area contributed by atoms with Crippen LogP contribution in [0.15, 0.2) is 24.3 Å². The van der Waals surface area contributed by atoms with E-state index < -0.39 is 17.9 Å². The Kier molecular flexibility index (Phi) is 7.08. The van der Waals surface area contributed by atoms with Crippen LogP contribution in [0.1, 0.15) is 43.0 Å². The fourth-order valence-corrected chi connectivity index (χ4v) is 1.96. The highest BCUT2D eigenvalue weighted by Crippen LogP contribution is 2.13. The zero-order valence-electron chi connectivity index (χ0n) is 12.8. The second-order valence-electron chi connectivity index (χ2n) is 4.90. The highest BCUT2D eigenvalue weighted by molar-refractivity contribution is 5.98. The van der Waals surface area contributed by atoms with Crippen LogP contribution in [0.4, 0.5) is 0 Å². The molecule has 1 unspecified atom stereocenters. The zero-order chi connectivity index (χ0) is 16.5. The molecule has 1 amide bonds. The van der Waals surface area contributed by atoms with E-state index in [9.17, 15) is 14.4 Å². The van der Waals surface area contributed by atoms with Gasteiger partial charge in [-0.3, -0.25) is 9.59 Å². The van der Waals surface area contributed by atoms with E-state index >= 15 is 0 Å². The van der Waals surface area contributed by atoms with Crippen LogP contribution >= 0.6 is 0 Å². The van der Waals surface area contributed by atoms with E-state index in [2.05, 4.69) is 5.32 Å². The van der Waals surface area contributed by atoms with Crippen LogP contribution in [0.3, 0.4) is 0 Å². The Morgan fingerprint density at radius 1 is 1.18 bits per heavy atom. The number of carbonyl (C=O) groups excluding carboxylic acids is 2. The SMILES string of the molecule is CCCC(NC(=O)CCC(=O)c1ccc(OC)cc1)C(=O)O. The van der Waals surface area contributed by atoms with E-state index in [0.717, 1.165) is 0 Å². The smallest absolute Gasteiger partial charge is 0.326 e. The highest BCUT2D eigenvalue weighted by atomic mass is 16.5. The van der Waals surface area contributed by atoms with Crippen molar-refractivity contribution in [3.8, 4) is 5.75 Å². The molecule has 1 atom stereocenters. The summed E-state index contributed by atoms with van der Waals surface area (Å²) in [6, 6.07) is 5.73. The first-order valence-corrected chi connectivity index (χ1v) is 7.17. The Hall–Kier alpha value is -2.37. The van der Waals surface area contributed by atoms with Gasteiger partial charge in [0.15, 0.2) is 5.78 Å². The molecule has 0 aliphatic heterocycles. The molecule has 2 N–H and O–H groups in total. The number of methoxy groups -OCH3 is 1. The van der Waals surface area contributed by atoms with Crippen molar-refractivity contribution in [2.75, 3.05) is 7.11 Å². The van der Waals surface area contributed by atoms with Gasteiger partial charge in [0.2, 0.25) is 5.91 Å². The molecule has 0 aliphatic carbocycles. The number of nitrogens with one attached hydrogen (secondary N) is 1. The van der Waals surface area contributed by atoms with Gasteiger partial charge < -0.3 is 15.2 Å². The van der Waals surface area contributed by atoms with Gasteiger partial charge in [-0.15, -0.1) is 0 Å². The number of carboxylic acid groups (broad SMARTS) is 1. The number of benzene rings is 1. The van der Waals surface area contributed by atoms with Crippen molar-refractivity contribution >= 4 is 17.7 Å². The number of aliphatic carboxylic acids is 1. The fraction of sp³-hybridized carbons (Fsp3) is 0.438. The standard InChI is InChI=1S/C16H21NO5/c1-3-4-13(16(20)21)17-15(19)10-9-14(18)11-5-7-12(22-2)8-6-11/h5-8,13H,3-4,9-10H2,1-2H3,(H,17,19)(H,20,21). The van der Waals surface area contributed by atoms with Crippen molar-refractivity contribution < 1.29 is 24.2 Å². The van der Waals surface area contributed by atoms with Crippen LogP contribution in [-0.4, -0.2) is 35.9 Å². The van der Waals surface area contributed by atoms with Crippen LogP contribution < -0.4 is 10.1 Å². The normalized spacial score (nSPS) is 11.5. The maximum Gasteiger partial charge on any atom is 0.326 e. The number of rotatable bonds is 9. The zero-order valence-corrected chi connectivity index (χ0v) is 12.8.